The molecule has 5 rings (SSSR count). The smallest absolute Gasteiger partial charge is 0.310 e. The van der Waals surface area contributed by atoms with E-state index in [0.29, 0.717) is 17.7 Å². The highest BCUT2D eigenvalue weighted by molar-refractivity contribution is 6.08. The fourth-order valence-corrected chi connectivity index (χ4v) is 4.16. The Bertz CT molecular complexity index is 1470. The Morgan fingerprint density at radius 1 is 0.794 bits per heavy atom. The van der Waals surface area contributed by atoms with Crippen LogP contribution in [0.25, 0.3) is 21.7 Å². The maximum absolute atomic E-state index is 12.5. The van der Waals surface area contributed by atoms with Crippen molar-refractivity contribution in [1.82, 2.24) is 0 Å². The molecule has 0 saturated carbocycles. The highest BCUT2D eigenvalue weighted by Gasteiger charge is 2.15. The number of para-hydroxylation sites is 1. The van der Waals surface area contributed by atoms with Crippen LogP contribution in [0.3, 0.4) is 0 Å². The number of amides is 1. The molecule has 0 spiro atoms. The molecule has 0 unspecified atom stereocenters. The summed E-state index contributed by atoms with van der Waals surface area (Å²) >= 11 is 0. The number of fused-ring (bicyclic) bond motifs is 3. The summed E-state index contributed by atoms with van der Waals surface area (Å²) in [6, 6.07) is 29.5. The summed E-state index contributed by atoms with van der Waals surface area (Å²) in [6.07, 6.45) is 2.30. The van der Waals surface area contributed by atoms with Gasteiger partial charge in [0.15, 0.2) is 6.61 Å². The molecular weight excluding hydrogens is 426 g/mol. The zero-order chi connectivity index (χ0) is 23.3. The predicted molar refractivity (Wildman–Crippen MR) is 133 cm³/mol. The van der Waals surface area contributed by atoms with Crippen LogP contribution in [0.4, 0.5) is 5.69 Å². The van der Waals surface area contributed by atoms with E-state index in [0.717, 1.165) is 32.8 Å². The van der Waals surface area contributed by atoms with Crippen molar-refractivity contribution in [3.63, 3.8) is 0 Å². The van der Waals surface area contributed by atoms with Gasteiger partial charge in [-0.15, -0.1) is 0 Å². The molecule has 168 valence electrons. The van der Waals surface area contributed by atoms with E-state index in [1.165, 1.54) is 0 Å². The molecule has 4 aromatic carbocycles. The Balaban J connectivity index is 1.22. The minimum Gasteiger partial charge on any atom is -0.464 e. The van der Waals surface area contributed by atoms with Crippen LogP contribution in [0.5, 0.6) is 0 Å². The Labute approximate surface area is 197 Å². The number of benzene rings is 4. The van der Waals surface area contributed by atoms with Crippen molar-refractivity contribution >= 4 is 39.3 Å². The average molecular weight is 450 g/mol. The van der Waals surface area contributed by atoms with Crippen molar-refractivity contribution in [2.24, 2.45) is 0 Å². The van der Waals surface area contributed by atoms with Gasteiger partial charge in [0, 0.05) is 16.6 Å². The van der Waals surface area contributed by atoms with E-state index < -0.39 is 5.97 Å². The van der Waals surface area contributed by atoms with Gasteiger partial charge in [-0.2, -0.15) is 0 Å². The zero-order valence-corrected chi connectivity index (χ0v) is 18.5. The van der Waals surface area contributed by atoms with Crippen LogP contribution in [0, 0.1) is 0 Å². The van der Waals surface area contributed by atoms with Crippen LogP contribution in [0.1, 0.15) is 16.7 Å². The number of rotatable bonds is 7. The van der Waals surface area contributed by atoms with Gasteiger partial charge >= 0.3 is 5.97 Å². The number of hydrogen-bond donors (Lipinski definition) is 1. The van der Waals surface area contributed by atoms with E-state index in [2.05, 4.69) is 5.32 Å². The number of anilines is 1. The molecule has 5 heteroatoms. The molecule has 0 saturated heterocycles. The first-order chi connectivity index (χ1) is 16.7. The molecule has 0 aliphatic carbocycles. The first-order valence-electron chi connectivity index (χ1n) is 11.1. The normalized spacial score (nSPS) is 10.9. The SMILES string of the molecule is O=C(COC(=O)Cc1coc2ccc3ccccc3c12)Nc1ccccc1Cc1ccccc1. The lowest BCUT2D eigenvalue weighted by Gasteiger charge is -2.11. The number of carbonyl (C=O) groups is 2. The largest absolute Gasteiger partial charge is 0.464 e. The van der Waals surface area contributed by atoms with E-state index in [-0.39, 0.29) is 18.9 Å². The third-order valence-corrected chi connectivity index (χ3v) is 5.77. The second-order valence-electron chi connectivity index (χ2n) is 8.13. The lowest BCUT2D eigenvalue weighted by atomic mass is 10.0. The standard InChI is InChI=1S/C29H23NO4/c31-27(30-25-13-7-5-11-22(25)16-20-8-2-1-3-9-20)19-34-28(32)17-23-18-33-26-15-14-21-10-4-6-12-24(21)29(23)26/h1-15,18H,16-17,19H2,(H,30,31). The van der Waals surface area contributed by atoms with Crippen molar-refractivity contribution in [3.05, 3.63) is 114 Å². The second-order valence-corrected chi connectivity index (χ2v) is 8.13. The molecule has 0 aliphatic heterocycles. The minimum absolute atomic E-state index is 0.0267. The van der Waals surface area contributed by atoms with Gasteiger partial charge in [0.1, 0.15) is 5.58 Å². The molecule has 0 radical (unpaired) electrons. The molecule has 0 atom stereocenters. The quantitative estimate of drug-likeness (QED) is 0.314. The maximum atomic E-state index is 12.5. The number of ether oxygens (including phenoxy) is 1. The average Bonchev–Trinajstić information content (AvgIpc) is 3.28. The van der Waals surface area contributed by atoms with Gasteiger partial charge in [-0.25, -0.2) is 0 Å². The Hall–Kier alpha value is -4.38. The molecule has 1 aromatic heterocycles. The maximum Gasteiger partial charge on any atom is 0.310 e. The van der Waals surface area contributed by atoms with Crippen LogP contribution in [0.2, 0.25) is 0 Å². The van der Waals surface area contributed by atoms with Gasteiger partial charge in [-0.3, -0.25) is 9.59 Å². The van der Waals surface area contributed by atoms with Crippen molar-refractivity contribution in [1.29, 1.82) is 0 Å². The fourth-order valence-electron chi connectivity index (χ4n) is 4.16. The first kappa shape index (κ1) is 21.5. The first-order valence-corrected chi connectivity index (χ1v) is 11.1. The van der Waals surface area contributed by atoms with E-state index in [1.807, 2.05) is 91.0 Å². The topological polar surface area (TPSA) is 68.5 Å². The van der Waals surface area contributed by atoms with Gasteiger partial charge in [0.2, 0.25) is 0 Å². The van der Waals surface area contributed by atoms with Crippen LogP contribution in [-0.2, 0) is 27.2 Å². The lowest BCUT2D eigenvalue weighted by Crippen LogP contribution is -2.22. The van der Waals surface area contributed by atoms with E-state index >= 15 is 0 Å². The molecule has 0 fully saturated rings. The van der Waals surface area contributed by atoms with E-state index in [1.54, 1.807) is 6.26 Å². The van der Waals surface area contributed by atoms with Crippen LogP contribution < -0.4 is 5.32 Å². The molecular formula is C29H23NO4. The Morgan fingerprint density at radius 2 is 1.56 bits per heavy atom. The number of carbonyl (C=O) groups excluding carboxylic acids is 2. The van der Waals surface area contributed by atoms with Gasteiger partial charge in [-0.1, -0.05) is 78.9 Å². The van der Waals surface area contributed by atoms with E-state index in [4.69, 9.17) is 9.15 Å². The third kappa shape index (κ3) is 4.69. The van der Waals surface area contributed by atoms with Crippen molar-refractivity contribution in [2.45, 2.75) is 12.8 Å². The molecule has 1 heterocycles. The highest BCUT2D eigenvalue weighted by atomic mass is 16.5. The number of hydrogen-bond acceptors (Lipinski definition) is 4. The van der Waals surface area contributed by atoms with Crippen molar-refractivity contribution in [3.8, 4) is 0 Å². The van der Waals surface area contributed by atoms with Crippen LogP contribution in [0.15, 0.2) is 102 Å². The monoisotopic (exact) mass is 449 g/mol. The van der Waals surface area contributed by atoms with Gasteiger partial charge in [0.25, 0.3) is 5.91 Å². The molecule has 0 aliphatic rings. The zero-order valence-electron chi connectivity index (χ0n) is 18.5. The summed E-state index contributed by atoms with van der Waals surface area (Å²) in [5.41, 5.74) is 4.31. The van der Waals surface area contributed by atoms with Crippen molar-refractivity contribution < 1.29 is 18.7 Å². The Morgan fingerprint density at radius 3 is 2.44 bits per heavy atom. The molecule has 1 N–H and O–H groups in total. The summed E-state index contributed by atoms with van der Waals surface area (Å²) in [7, 11) is 0. The van der Waals surface area contributed by atoms with Gasteiger partial charge in [0.05, 0.1) is 12.7 Å². The van der Waals surface area contributed by atoms with Crippen LogP contribution in [-0.4, -0.2) is 18.5 Å². The summed E-state index contributed by atoms with van der Waals surface area (Å²) in [5, 5.41) is 5.85. The minimum atomic E-state index is -0.483. The number of furan rings is 1. The number of nitrogens with one attached hydrogen (secondary N) is 1. The molecule has 34 heavy (non-hydrogen) atoms. The number of esters is 1. The van der Waals surface area contributed by atoms with Crippen LogP contribution >= 0.6 is 0 Å². The molecule has 1 amide bonds. The predicted octanol–water partition coefficient (Wildman–Crippen LogP) is 5.90. The summed E-state index contributed by atoms with van der Waals surface area (Å²) in [4.78, 5) is 25.0. The van der Waals surface area contributed by atoms with E-state index in [9.17, 15) is 9.59 Å². The highest BCUT2D eigenvalue weighted by Crippen LogP contribution is 2.30. The third-order valence-electron chi connectivity index (χ3n) is 5.77. The fraction of sp³-hybridized carbons (Fsp3) is 0.103. The van der Waals surface area contributed by atoms with Gasteiger partial charge < -0.3 is 14.5 Å². The summed E-state index contributed by atoms with van der Waals surface area (Å²) in [5.74, 6) is -0.861. The summed E-state index contributed by atoms with van der Waals surface area (Å²) < 4.78 is 10.9. The molecule has 5 nitrogen and oxygen atoms in total. The summed E-state index contributed by atoms with van der Waals surface area (Å²) in [6.45, 7) is -0.352. The second kappa shape index (κ2) is 9.63. The molecule has 5 aromatic rings. The lowest BCUT2D eigenvalue weighted by molar-refractivity contribution is -0.146. The Kier molecular flexibility index (Phi) is 6.08. The molecule has 0 bridgehead atoms. The van der Waals surface area contributed by atoms with Crippen molar-refractivity contribution in [2.75, 3.05) is 11.9 Å². The van der Waals surface area contributed by atoms with Gasteiger partial charge in [-0.05, 0) is 40.5 Å².